The van der Waals surface area contributed by atoms with Crippen molar-refractivity contribution in [3.63, 3.8) is 0 Å². The lowest BCUT2D eigenvalue weighted by atomic mass is 9.96. The van der Waals surface area contributed by atoms with Crippen molar-refractivity contribution in [2.24, 2.45) is 0 Å². The second-order valence-electron chi connectivity index (χ2n) is 9.20. The Morgan fingerprint density at radius 2 is 2.03 bits per heavy atom. The predicted molar refractivity (Wildman–Crippen MR) is 131 cm³/mol. The zero-order chi connectivity index (χ0) is 24.5. The largest absolute Gasteiger partial charge is 0.496 e. The van der Waals surface area contributed by atoms with Gasteiger partial charge in [-0.25, -0.2) is 4.98 Å². The predicted octanol–water partition coefficient (Wildman–Crippen LogP) is 3.79. The number of aryl methyl sites for hydroxylation is 1. The average Bonchev–Trinajstić information content (AvgIpc) is 3.46. The number of fused-ring (bicyclic) bond motifs is 2. The van der Waals surface area contributed by atoms with Crippen LogP contribution in [0.5, 0.6) is 5.75 Å². The summed E-state index contributed by atoms with van der Waals surface area (Å²) in [4.78, 5) is 32.2. The van der Waals surface area contributed by atoms with Crippen molar-refractivity contribution in [1.82, 2.24) is 24.6 Å². The number of nitrogens with one attached hydrogen (secondary N) is 1. The van der Waals surface area contributed by atoms with Crippen LogP contribution >= 0.6 is 0 Å². The molecule has 5 rings (SSSR count). The first kappa shape index (κ1) is 23.0. The smallest absolute Gasteiger partial charge is 0.260 e. The molecule has 0 spiro atoms. The Balaban J connectivity index is 1.39. The summed E-state index contributed by atoms with van der Waals surface area (Å²) in [7, 11) is 1.56. The van der Waals surface area contributed by atoms with Crippen LogP contribution in [0.15, 0.2) is 30.3 Å². The van der Waals surface area contributed by atoms with Crippen molar-refractivity contribution < 1.29 is 14.3 Å². The number of rotatable bonds is 6. The molecule has 0 bridgehead atoms. The van der Waals surface area contributed by atoms with E-state index in [4.69, 9.17) is 4.74 Å². The van der Waals surface area contributed by atoms with Gasteiger partial charge in [-0.15, -0.1) is 10.2 Å². The van der Waals surface area contributed by atoms with Gasteiger partial charge in [0.15, 0.2) is 5.82 Å². The third kappa shape index (κ3) is 4.38. The Morgan fingerprint density at radius 3 is 2.83 bits per heavy atom. The van der Waals surface area contributed by atoms with E-state index < -0.39 is 0 Å². The molecule has 0 saturated heterocycles. The van der Waals surface area contributed by atoms with Gasteiger partial charge in [0.05, 0.1) is 12.7 Å². The molecule has 3 aromatic rings. The maximum atomic E-state index is 13.3. The van der Waals surface area contributed by atoms with E-state index >= 15 is 0 Å². The van der Waals surface area contributed by atoms with Crippen molar-refractivity contribution in [2.75, 3.05) is 19.0 Å². The second kappa shape index (κ2) is 9.48. The van der Waals surface area contributed by atoms with Gasteiger partial charge in [0.1, 0.15) is 23.1 Å². The standard InChI is InChI=1S/C26H30N6O3/c1-4-6-24(33)31-12-11-17-14-21(35-3)19(13-18(17)15-31)26(34)28-22-8-5-7-20(27-22)25-30-29-23-10-9-16(2)32(23)25/h5,7-8,13-14,16H,4,6,9-12,15H2,1-3H3,(H,27,28,34)/t16-/m1/s1. The maximum Gasteiger partial charge on any atom is 0.260 e. The van der Waals surface area contributed by atoms with Gasteiger partial charge in [-0.05, 0) is 61.6 Å². The highest BCUT2D eigenvalue weighted by molar-refractivity contribution is 6.06. The molecule has 0 radical (unpaired) electrons. The lowest BCUT2D eigenvalue weighted by molar-refractivity contribution is -0.132. The SMILES string of the molecule is CCCC(=O)N1CCc2cc(OC)c(C(=O)Nc3cccc(-c4nnc5n4[C@H](C)CC5)n3)cc2C1. The molecule has 9 heteroatoms. The number of carbonyl (C=O) groups is 2. The number of aromatic nitrogens is 4. The molecule has 0 fully saturated rings. The highest BCUT2D eigenvalue weighted by atomic mass is 16.5. The number of nitrogens with zero attached hydrogens (tertiary/aromatic N) is 5. The lowest BCUT2D eigenvalue weighted by Gasteiger charge is -2.29. The van der Waals surface area contributed by atoms with E-state index in [2.05, 4.69) is 32.0 Å². The third-order valence-electron chi connectivity index (χ3n) is 6.81. The maximum absolute atomic E-state index is 13.3. The van der Waals surface area contributed by atoms with Gasteiger partial charge in [0, 0.05) is 32.0 Å². The van der Waals surface area contributed by atoms with Gasteiger partial charge >= 0.3 is 0 Å². The monoisotopic (exact) mass is 474 g/mol. The van der Waals surface area contributed by atoms with Gasteiger partial charge in [0.25, 0.3) is 5.91 Å². The number of benzene rings is 1. The van der Waals surface area contributed by atoms with Crippen LogP contribution in [0.3, 0.4) is 0 Å². The fourth-order valence-corrected chi connectivity index (χ4v) is 4.93. The van der Waals surface area contributed by atoms with E-state index in [9.17, 15) is 9.59 Å². The van der Waals surface area contributed by atoms with E-state index in [-0.39, 0.29) is 11.8 Å². The number of methoxy groups -OCH3 is 1. The zero-order valence-corrected chi connectivity index (χ0v) is 20.4. The van der Waals surface area contributed by atoms with Crippen LogP contribution in [0, 0.1) is 0 Å². The Kier molecular flexibility index (Phi) is 6.23. The Morgan fingerprint density at radius 1 is 1.17 bits per heavy atom. The molecule has 0 saturated carbocycles. The molecular weight excluding hydrogens is 444 g/mol. The molecule has 2 amide bonds. The van der Waals surface area contributed by atoms with Gasteiger partial charge in [0.2, 0.25) is 5.91 Å². The van der Waals surface area contributed by atoms with Crippen LogP contribution in [-0.4, -0.2) is 50.1 Å². The molecule has 182 valence electrons. The molecule has 1 aromatic carbocycles. The summed E-state index contributed by atoms with van der Waals surface area (Å²) in [6, 6.07) is 9.54. The van der Waals surface area contributed by atoms with Crippen LogP contribution in [0.25, 0.3) is 11.5 Å². The van der Waals surface area contributed by atoms with Gasteiger partial charge in [-0.1, -0.05) is 13.0 Å². The van der Waals surface area contributed by atoms with Gasteiger partial charge < -0.3 is 19.5 Å². The van der Waals surface area contributed by atoms with Gasteiger partial charge in [-0.3, -0.25) is 9.59 Å². The van der Waals surface area contributed by atoms with E-state index in [1.807, 2.05) is 36.1 Å². The van der Waals surface area contributed by atoms with E-state index in [0.29, 0.717) is 54.2 Å². The fourth-order valence-electron chi connectivity index (χ4n) is 4.93. The number of anilines is 1. The minimum Gasteiger partial charge on any atom is -0.496 e. The first-order valence-electron chi connectivity index (χ1n) is 12.2. The highest BCUT2D eigenvalue weighted by Crippen LogP contribution is 2.31. The minimum atomic E-state index is -0.314. The first-order chi connectivity index (χ1) is 17.0. The number of ether oxygens (including phenoxy) is 1. The van der Waals surface area contributed by atoms with Crippen molar-refractivity contribution >= 4 is 17.6 Å². The topological polar surface area (TPSA) is 102 Å². The lowest BCUT2D eigenvalue weighted by Crippen LogP contribution is -2.36. The summed E-state index contributed by atoms with van der Waals surface area (Å²) >= 11 is 0. The molecule has 4 heterocycles. The second-order valence-corrected chi connectivity index (χ2v) is 9.20. The Hall–Kier alpha value is -3.75. The van der Waals surface area contributed by atoms with Crippen LogP contribution < -0.4 is 10.1 Å². The highest BCUT2D eigenvalue weighted by Gasteiger charge is 2.26. The molecule has 2 aromatic heterocycles. The molecule has 0 aliphatic carbocycles. The number of carbonyl (C=O) groups excluding carboxylic acids is 2. The molecule has 1 atom stereocenters. The molecule has 9 nitrogen and oxygen atoms in total. The molecular formula is C26H30N6O3. The van der Waals surface area contributed by atoms with Crippen molar-refractivity contribution in [3.05, 3.63) is 52.8 Å². The Bertz CT molecular complexity index is 1280. The summed E-state index contributed by atoms with van der Waals surface area (Å²) < 4.78 is 7.66. The van der Waals surface area contributed by atoms with Crippen LogP contribution in [0.2, 0.25) is 0 Å². The first-order valence-corrected chi connectivity index (χ1v) is 12.2. The quantitative estimate of drug-likeness (QED) is 0.583. The minimum absolute atomic E-state index is 0.148. The van der Waals surface area contributed by atoms with E-state index in [1.165, 1.54) is 0 Å². The molecule has 2 aliphatic heterocycles. The summed E-state index contributed by atoms with van der Waals surface area (Å²) in [6.45, 7) is 5.34. The number of hydrogen-bond acceptors (Lipinski definition) is 6. The molecule has 1 N–H and O–H groups in total. The van der Waals surface area contributed by atoms with Gasteiger partial charge in [-0.2, -0.15) is 0 Å². The number of hydrogen-bond donors (Lipinski definition) is 1. The number of pyridine rings is 1. The third-order valence-corrected chi connectivity index (χ3v) is 6.81. The summed E-state index contributed by atoms with van der Waals surface area (Å²) in [5.74, 6) is 2.45. The van der Waals surface area contributed by atoms with Crippen LogP contribution in [0.1, 0.15) is 66.5 Å². The average molecular weight is 475 g/mol. The number of amides is 2. The summed E-state index contributed by atoms with van der Waals surface area (Å²) in [6.07, 6.45) is 4.04. The van der Waals surface area contributed by atoms with Crippen molar-refractivity contribution in [3.8, 4) is 17.3 Å². The molecule has 35 heavy (non-hydrogen) atoms. The summed E-state index contributed by atoms with van der Waals surface area (Å²) in [5.41, 5.74) is 3.16. The molecule has 0 unspecified atom stereocenters. The zero-order valence-electron chi connectivity index (χ0n) is 20.4. The Labute approximate surface area is 204 Å². The van der Waals surface area contributed by atoms with E-state index in [0.717, 1.165) is 42.6 Å². The van der Waals surface area contributed by atoms with Crippen molar-refractivity contribution in [2.45, 2.75) is 58.5 Å². The van der Waals surface area contributed by atoms with Crippen LogP contribution in [-0.2, 0) is 24.2 Å². The normalized spacial score (nSPS) is 16.5. The van der Waals surface area contributed by atoms with E-state index in [1.54, 1.807) is 13.2 Å². The molecule has 2 aliphatic rings. The fraction of sp³-hybridized carbons (Fsp3) is 0.423. The summed E-state index contributed by atoms with van der Waals surface area (Å²) in [5, 5.41) is 11.5. The van der Waals surface area contributed by atoms with Crippen LogP contribution in [0.4, 0.5) is 5.82 Å². The van der Waals surface area contributed by atoms with Crippen molar-refractivity contribution in [1.29, 1.82) is 0 Å².